The minimum Gasteiger partial charge on any atom is -0.480 e. The van der Waals surface area contributed by atoms with Crippen LogP contribution in [-0.2, 0) is 9.53 Å². The smallest absolute Gasteiger partial charge is 0.317 e. The van der Waals surface area contributed by atoms with Gasteiger partial charge in [0.1, 0.15) is 0 Å². The van der Waals surface area contributed by atoms with E-state index in [2.05, 4.69) is 5.32 Å². The van der Waals surface area contributed by atoms with Crippen molar-refractivity contribution < 1.29 is 19.7 Å². The standard InChI is InChI=1S/C7H13NO4/c9-3-7(4-12-5-7)2-8-1-6(10)11/h8-9H,1-5H2,(H,10,11). The third-order valence-electron chi connectivity index (χ3n) is 1.93. The fourth-order valence-electron chi connectivity index (χ4n) is 1.07. The Hall–Kier alpha value is -0.650. The quantitative estimate of drug-likeness (QED) is 0.482. The predicted molar refractivity (Wildman–Crippen MR) is 40.8 cm³/mol. The molecule has 5 heteroatoms. The van der Waals surface area contributed by atoms with Crippen LogP contribution < -0.4 is 5.32 Å². The van der Waals surface area contributed by atoms with Crippen LogP contribution in [0.15, 0.2) is 0 Å². The molecule has 0 unspecified atom stereocenters. The maximum Gasteiger partial charge on any atom is 0.317 e. The van der Waals surface area contributed by atoms with Gasteiger partial charge in [-0.1, -0.05) is 0 Å². The highest BCUT2D eigenvalue weighted by molar-refractivity contribution is 5.68. The molecule has 1 fully saturated rings. The zero-order valence-corrected chi connectivity index (χ0v) is 6.75. The third kappa shape index (κ3) is 2.17. The average Bonchev–Trinajstić information content (AvgIpc) is 1.94. The first-order chi connectivity index (χ1) is 5.68. The number of rotatable bonds is 5. The van der Waals surface area contributed by atoms with Crippen LogP contribution in [-0.4, -0.2) is 49.1 Å². The van der Waals surface area contributed by atoms with Crippen LogP contribution in [0, 0.1) is 5.41 Å². The van der Waals surface area contributed by atoms with E-state index in [1.165, 1.54) is 0 Å². The van der Waals surface area contributed by atoms with Gasteiger partial charge in [0.25, 0.3) is 0 Å². The zero-order valence-electron chi connectivity index (χ0n) is 6.75. The molecule has 0 aromatic rings. The highest BCUT2D eigenvalue weighted by Crippen LogP contribution is 2.25. The van der Waals surface area contributed by atoms with E-state index in [0.717, 1.165) is 0 Å². The maximum atomic E-state index is 10.1. The number of carbonyl (C=O) groups is 1. The highest BCUT2D eigenvalue weighted by atomic mass is 16.5. The van der Waals surface area contributed by atoms with E-state index in [0.29, 0.717) is 19.8 Å². The van der Waals surface area contributed by atoms with Crippen LogP contribution in [0.3, 0.4) is 0 Å². The highest BCUT2D eigenvalue weighted by Gasteiger charge is 2.37. The summed E-state index contributed by atoms with van der Waals surface area (Å²) in [4.78, 5) is 10.1. The van der Waals surface area contributed by atoms with Crippen molar-refractivity contribution in [1.82, 2.24) is 5.32 Å². The summed E-state index contributed by atoms with van der Waals surface area (Å²) in [6.45, 7) is 1.49. The number of carboxylic acids is 1. The molecule has 0 bridgehead atoms. The van der Waals surface area contributed by atoms with Crippen molar-refractivity contribution in [2.75, 3.05) is 32.9 Å². The molecule has 12 heavy (non-hydrogen) atoms. The van der Waals surface area contributed by atoms with Gasteiger partial charge in [-0.3, -0.25) is 4.79 Å². The Labute approximate surface area is 70.3 Å². The summed E-state index contributed by atoms with van der Waals surface area (Å²) in [5, 5.41) is 20.0. The molecule has 70 valence electrons. The average molecular weight is 175 g/mol. The fraction of sp³-hybridized carbons (Fsp3) is 0.857. The second-order valence-corrected chi connectivity index (χ2v) is 3.15. The van der Waals surface area contributed by atoms with Crippen LogP contribution in [0.4, 0.5) is 0 Å². The molecule has 1 aliphatic heterocycles. The van der Waals surface area contributed by atoms with Crippen molar-refractivity contribution in [3.63, 3.8) is 0 Å². The Morgan fingerprint density at radius 3 is 2.58 bits per heavy atom. The summed E-state index contributed by atoms with van der Waals surface area (Å²) in [5.41, 5.74) is -0.241. The van der Waals surface area contributed by atoms with Crippen LogP contribution in [0.2, 0.25) is 0 Å². The lowest BCUT2D eigenvalue weighted by molar-refractivity contribution is -0.141. The summed E-state index contributed by atoms with van der Waals surface area (Å²) in [6, 6.07) is 0. The second-order valence-electron chi connectivity index (χ2n) is 3.15. The fourth-order valence-corrected chi connectivity index (χ4v) is 1.07. The minimum absolute atomic E-state index is 0.0413. The van der Waals surface area contributed by atoms with Crippen LogP contribution in [0.25, 0.3) is 0 Å². The molecule has 1 heterocycles. The molecule has 1 rings (SSSR count). The molecule has 5 nitrogen and oxygen atoms in total. The van der Waals surface area contributed by atoms with Crippen LogP contribution in [0.5, 0.6) is 0 Å². The van der Waals surface area contributed by atoms with E-state index in [9.17, 15) is 4.79 Å². The van der Waals surface area contributed by atoms with Gasteiger partial charge in [0.05, 0.1) is 31.8 Å². The Balaban J connectivity index is 2.16. The molecule has 0 aliphatic carbocycles. The predicted octanol–water partition coefficient (Wildman–Crippen LogP) is -1.33. The van der Waals surface area contributed by atoms with Crippen LogP contribution in [0.1, 0.15) is 0 Å². The van der Waals surface area contributed by atoms with Gasteiger partial charge >= 0.3 is 5.97 Å². The number of hydrogen-bond acceptors (Lipinski definition) is 4. The van der Waals surface area contributed by atoms with Crippen molar-refractivity contribution in [3.05, 3.63) is 0 Å². The van der Waals surface area contributed by atoms with E-state index in [1.54, 1.807) is 0 Å². The molecular weight excluding hydrogens is 162 g/mol. The normalized spacial score (nSPS) is 20.1. The number of aliphatic hydroxyl groups excluding tert-OH is 1. The van der Waals surface area contributed by atoms with Gasteiger partial charge in [-0.05, 0) is 0 Å². The third-order valence-corrected chi connectivity index (χ3v) is 1.93. The lowest BCUT2D eigenvalue weighted by Gasteiger charge is -2.39. The number of hydrogen-bond donors (Lipinski definition) is 3. The van der Waals surface area contributed by atoms with Gasteiger partial charge in [0.2, 0.25) is 0 Å². The molecular formula is C7H13NO4. The Morgan fingerprint density at radius 2 is 2.25 bits per heavy atom. The first-order valence-electron chi connectivity index (χ1n) is 3.80. The molecule has 0 aromatic carbocycles. The van der Waals surface area contributed by atoms with E-state index >= 15 is 0 Å². The van der Waals surface area contributed by atoms with Gasteiger partial charge < -0.3 is 20.3 Å². The first kappa shape index (κ1) is 9.44. The van der Waals surface area contributed by atoms with Gasteiger partial charge in [-0.2, -0.15) is 0 Å². The van der Waals surface area contributed by atoms with Crippen molar-refractivity contribution >= 4 is 5.97 Å². The Kier molecular flexibility index (Phi) is 3.02. The number of aliphatic hydroxyl groups is 1. The van der Waals surface area contributed by atoms with Crippen molar-refractivity contribution in [3.8, 4) is 0 Å². The number of nitrogens with one attached hydrogen (secondary N) is 1. The van der Waals surface area contributed by atoms with Gasteiger partial charge in [-0.15, -0.1) is 0 Å². The molecule has 0 spiro atoms. The molecule has 0 radical (unpaired) electrons. The first-order valence-corrected chi connectivity index (χ1v) is 3.80. The molecule has 1 aliphatic rings. The lowest BCUT2D eigenvalue weighted by atomic mass is 9.87. The molecule has 3 N–H and O–H groups in total. The maximum absolute atomic E-state index is 10.1. The van der Waals surface area contributed by atoms with Gasteiger partial charge in [0, 0.05) is 6.54 Å². The van der Waals surface area contributed by atoms with Crippen molar-refractivity contribution in [2.24, 2.45) is 5.41 Å². The summed E-state index contributed by atoms with van der Waals surface area (Å²) in [6.07, 6.45) is 0. The molecule has 0 aromatic heterocycles. The van der Waals surface area contributed by atoms with Gasteiger partial charge in [-0.25, -0.2) is 0 Å². The lowest BCUT2D eigenvalue weighted by Crippen LogP contribution is -2.52. The van der Waals surface area contributed by atoms with Crippen LogP contribution >= 0.6 is 0 Å². The van der Waals surface area contributed by atoms with Crippen molar-refractivity contribution in [2.45, 2.75) is 0 Å². The van der Waals surface area contributed by atoms with E-state index in [1.807, 2.05) is 0 Å². The number of ether oxygens (including phenoxy) is 1. The zero-order chi connectivity index (χ0) is 9.03. The number of aliphatic carboxylic acids is 1. The molecule has 1 saturated heterocycles. The Bertz CT molecular complexity index is 161. The summed E-state index contributed by atoms with van der Waals surface area (Å²) >= 11 is 0. The van der Waals surface area contributed by atoms with E-state index in [-0.39, 0.29) is 18.6 Å². The second kappa shape index (κ2) is 3.84. The van der Waals surface area contributed by atoms with E-state index in [4.69, 9.17) is 14.9 Å². The van der Waals surface area contributed by atoms with Crippen molar-refractivity contribution in [1.29, 1.82) is 0 Å². The molecule has 0 saturated carbocycles. The number of carboxylic acid groups (broad SMARTS) is 1. The SMILES string of the molecule is O=C(O)CNCC1(CO)COC1. The van der Waals surface area contributed by atoms with E-state index < -0.39 is 5.97 Å². The topological polar surface area (TPSA) is 78.8 Å². The summed E-state index contributed by atoms with van der Waals surface area (Å²) < 4.78 is 4.94. The molecule has 0 amide bonds. The molecule has 0 atom stereocenters. The summed E-state index contributed by atoms with van der Waals surface area (Å²) in [5.74, 6) is -0.886. The monoisotopic (exact) mass is 175 g/mol. The summed E-state index contributed by atoms with van der Waals surface area (Å²) in [7, 11) is 0. The largest absolute Gasteiger partial charge is 0.480 e. The minimum atomic E-state index is -0.886. The Morgan fingerprint density at radius 1 is 1.58 bits per heavy atom. The van der Waals surface area contributed by atoms with Gasteiger partial charge in [0.15, 0.2) is 0 Å².